The first-order valence-electron chi connectivity index (χ1n) is 10.9. The summed E-state index contributed by atoms with van der Waals surface area (Å²) in [6.45, 7) is 4.72. The summed E-state index contributed by atoms with van der Waals surface area (Å²) in [4.78, 5) is 47.0. The molecule has 0 aromatic rings. The van der Waals surface area contributed by atoms with Gasteiger partial charge in [-0.05, 0) is 37.5 Å². The molecule has 0 saturated carbocycles. The van der Waals surface area contributed by atoms with Crippen LogP contribution < -0.4 is 0 Å². The Kier molecular flexibility index (Phi) is 12.0. The molecule has 0 fully saturated rings. The summed E-state index contributed by atoms with van der Waals surface area (Å²) < 4.78 is 15.4. The SMILES string of the molecule is CCCCC/C=C\CC1(OC(C)=O)C=CC(=O)/C1=C/C=C/C(CCC(=O)OC)OC(C)=O. The zero-order valence-corrected chi connectivity index (χ0v) is 19.4. The molecule has 2 atom stereocenters. The average molecular weight is 447 g/mol. The predicted octanol–water partition coefficient (Wildman–Crippen LogP) is 4.32. The normalized spacial score (nSPS) is 20.2. The van der Waals surface area contributed by atoms with Crippen LogP contribution in [0.15, 0.2) is 48.1 Å². The maximum atomic E-state index is 12.5. The number of ketones is 1. The van der Waals surface area contributed by atoms with Gasteiger partial charge in [0, 0.05) is 32.3 Å². The number of hydrogen-bond donors (Lipinski definition) is 0. The van der Waals surface area contributed by atoms with Crippen molar-refractivity contribution in [3.63, 3.8) is 0 Å². The molecule has 0 spiro atoms. The van der Waals surface area contributed by atoms with E-state index in [0.29, 0.717) is 12.0 Å². The molecule has 176 valence electrons. The second-order valence-electron chi connectivity index (χ2n) is 7.58. The van der Waals surface area contributed by atoms with E-state index in [2.05, 4.69) is 11.7 Å². The molecular formula is C25H34O7. The molecule has 0 aromatic heterocycles. The van der Waals surface area contributed by atoms with Crippen molar-refractivity contribution in [2.24, 2.45) is 0 Å². The number of unbranched alkanes of at least 4 members (excludes halogenated alkanes) is 3. The molecule has 1 aliphatic rings. The fraction of sp³-hybridized carbons (Fsp3) is 0.520. The van der Waals surface area contributed by atoms with Crippen LogP contribution in [0.3, 0.4) is 0 Å². The average Bonchev–Trinajstić information content (AvgIpc) is 3.03. The number of methoxy groups -OCH3 is 1. The van der Waals surface area contributed by atoms with E-state index in [-0.39, 0.29) is 18.6 Å². The Morgan fingerprint density at radius 3 is 2.50 bits per heavy atom. The fourth-order valence-corrected chi connectivity index (χ4v) is 3.32. The highest BCUT2D eigenvalue weighted by molar-refractivity contribution is 6.09. The Morgan fingerprint density at radius 2 is 1.88 bits per heavy atom. The second-order valence-corrected chi connectivity index (χ2v) is 7.58. The van der Waals surface area contributed by atoms with E-state index in [9.17, 15) is 19.2 Å². The van der Waals surface area contributed by atoms with Gasteiger partial charge in [0.05, 0.1) is 7.11 Å². The van der Waals surface area contributed by atoms with Gasteiger partial charge in [0.15, 0.2) is 11.4 Å². The lowest BCUT2D eigenvalue weighted by Crippen LogP contribution is -2.33. The molecule has 1 rings (SSSR count). The highest BCUT2D eigenvalue weighted by atomic mass is 16.6. The summed E-state index contributed by atoms with van der Waals surface area (Å²) in [6, 6.07) is 0. The molecule has 0 radical (unpaired) electrons. The molecule has 2 unspecified atom stereocenters. The maximum absolute atomic E-state index is 12.5. The number of esters is 3. The Bertz CT molecular complexity index is 788. The van der Waals surface area contributed by atoms with Crippen molar-refractivity contribution in [3.05, 3.63) is 48.1 Å². The van der Waals surface area contributed by atoms with Crippen molar-refractivity contribution in [3.8, 4) is 0 Å². The van der Waals surface area contributed by atoms with E-state index in [1.54, 1.807) is 24.3 Å². The Labute approximate surface area is 190 Å². The van der Waals surface area contributed by atoms with E-state index in [1.807, 2.05) is 12.2 Å². The van der Waals surface area contributed by atoms with Gasteiger partial charge < -0.3 is 14.2 Å². The predicted molar refractivity (Wildman–Crippen MR) is 121 cm³/mol. The molecule has 7 heteroatoms. The van der Waals surface area contributed by atoms with E-state index in [4.69, 9.17) is 9.47 Å². The van der Waals surface area contributed by atoms with E-state index >= 15 is 0 Å². The minimum atomic E-state index is -1.17. The molecule has 1 aliphatic carbocycles. The Morgan fingerprint density at radius 1 is 1.12 bits per heavy atom. The van der Waals surface area contributed by atoms with E-state index in [0.717, 1.165) is 25.7 Å². The monoisotopic (exact) mass is 446 g/mol. The van der Waals surface area contributed by atoms with Gasteiger partial charge in [-0.3, -0.25) is 19.2 Å². The third kappa shape index (κ3) is 9.45. The first-order valence-corrected chi connectivity index (χ1v) is 10.9. The van der Waals surface area contributed by atoms with Crippen molar-refractivity contribution in [1.82, 2.24) is 0 Å². The highest BCUT2D eigenvalue weighted by Gasteiger charge is 2.41. The first-order chi connectivity index (χ1) is 15.2. The summed E-state index contributed by atoms with van der Waals surface area (Å²) in [6.07, 6.45) is 16.0. The molecule has 0 saturated heterocycles. The van der Waals surface area contributed by atoms with Crippen molar-refractivity contribution in [1.29, 1.82) is 0 Å². The van der Waals surface area contributed by atoms with Gasteiger partial charge in [-0.15, -0.1) is 0 Å². The minimum Gasteiger partial charge on any atom is -0.469 e. The number of allylic oxidation sites excluding steroid dienone is 4. The lowest BCUT2D eigenvalue weighted by Gasteiger charge is -2.27. The van der Waals surface area contributed by atoms with Crippen molar-refractivity contribution in [2.45, 2.75) is 77.4 Å². The topological polar surface area (TPSA) is 96.0 Å². The van der Waals surface area contributed by atoms with Gasteiger partial charge in [-0.1, -0.05) is 44.1 Å². The molecule has 0 aromatic carbocycles. The third-order valence-electron chi connectivity index (χ3n) is 4.88. The summed E-state index contributed by atoms with van der Waals surface area (Å²) in [7, 11) is 1.29. The fourth-order valence-electron chi connectivity index (χ4n) is 3.32. The van der Waals surface area contributed by atoms with Crippen LogP contribution in [0.2, 0.25) is 0 Å². The van der Waals surface area contributed by atoms with Crippen LogP contribution in [0, 0.1) is 0 Å². The van der Waals surface area contributed by atoms with Crippen LogP contribution in [0.1, 0.15) is 65.7 Å². The van der Waals surface area contributed by atoms with Crippen molar-refractivity contribution >= 4 is 23.7 Å². The summed E-state index contributed by atoms with van der Waals surface area (Å²) in [5.74, 6) is -1.65. The lowest BCUT2D eigenvalue weighted by atomic mass is 9.91. The van der Waals surface area contributed by atoms with Crippen LogP contribution in [0.25, 0.3) is 0 Å². The van der Waals surface area contributed by atoms with Gasteiger partial charge in [-0.2, -0.15) is 0 Å². The molecule has 0 aliphatic heterocycles. The summed E-state index contributed by atoms with van der Waals surface area (Å²) in [5, 5.41) is 0. The molecule has 0 bridgehead atoms. The third-order valence-corrected chi connectivity index (χ3v) is 4.88. The summed E-state index contributed by atoms with van der Waals surface area (Å²) in [5.41, 5.74) is -0.853. The van der Waals surface area contributed by atoms with Gasteiger partial charge in [-0.25, -0.2) is 0 Å². The number of carbonyl (C=O) groups excluding carboxylic acids is 4. The molecule has 0 N–H and O–H groups in total. The number of ether oxygens (including phenoxy) is 3. The van der Waals surface area contributed by atoms with E-state index < -0.39 is 29.6 Å². The Hall–Kier alpha value is -2.96. The van der Waals surface area contributed by atoms with Gasteiger partial charge >= 0.3 is 17.9 Å². The molecule has 7 nitrogen and oxygen atoms in total. The van der Waals surface area contributed by atoms with Crippen molar-refractivity contribution < 1.29 is 33.4 Å². The van der Waals surface area contributed by atoms with Crippen molar-refractivity contribution in [2.75, 3.05) is 7.11 Å². The van der Waals surface area contributed by atoms with Gasteiger partial charge in [0.2, 0.25) is 0 Å². The number of hydrogen-bond acceptors (Lipinski definition) is 7. The minimum absolute atomic E-state index is 0.0794. The second kappa shape index (κ2) is 14.2. The first kappa shape index (κ1) is 27.1. The maximum Gasteiger partial charge on any atom is 0.305 e. The lowest BCUT2D eigenvalue weighted by molar-refractivity contribution is -0.149. The van der Waals surface area contributed by atoms with Gasteiger partial charge in [0.1, 0.15) is 6.10 Å². The van der Waals surface area contributed by atoms with Crippen LogP contribution in [-0.4, -0.2) is 42.5 Å². The smallest absolute Gasteiger partial charge is 0.305 e. The quantitative estimate of drug-likeness (QED) is 0.137. The number of rotatable bonds is 13. The van der Waals surface area contributed by atoms with Crippen LogP contribution in [-0.2, 0) is 33.4 Å². The van der Waals surface area contributed by atoms with Crippen LogP contribution in [0.4, 0.5) is 0 Å². The zero-order chi connectivity index (χ0) is 24.0. The molecule has 0 amide bonds. The highest BCUT2D eigenvalue weighted by Crippen LogP contribution is 2.34. The Balaban J connectivity index is 3.02. The number of carbonyl (C=O) groups is 4. The molecule has 0 heterocycles. The standard InChI is InChI=1S/C25H34O7/c1-5-6-7-8-9-10-17-25(32-20(3)27)18-16-23(28)22(25)13-11-12-21(31-19(2)26)14-15-24(29)30-4/h9-13,16,18,21H,5-8,14-15,17H2,1-4H3/b10-9-,12-11+,22-13-. The van der Waals surface area contributed by atoms with Crippen LogP contribution >= 0.6 is 0 Å². The zero-order valence-electron chi connectivity index (χ0n) is 19.4. The molecule has 32 heavy (non-hydrogen) atoms. The van der Waals surface area contributed by atoms with E-state index in [1.165, 1.54) is 27.0 Å². The molecular weight excluding hydrogens is 412 g/mol. The van der Waals surface area contributed by atoms with Crippen LogP contribution in [0.5, 0.6) is 0 Å². The largest absolute Gasteiger partial charge is 0.469 e. The van der Waals surface area contributed by atoms with Gasteiger partial charge in [0.25, 0.3) is 0 Å². The summed E-state index contributed by atoms with van der Waals surface area (Å²) >= 11 is 0.